The van der Waals surface area contributed by atoms with Crippen LogP contribution in [0.25, 0.3) is 10.8 Å². The normalized spacial score (nSPS) is 11.7. The number of fused-ring (bicyclic) bond motifs is 1. The molecule has 112 valence electrons. The van der Waals surface area contributed by atoms with Gasteiger partial charge in [-0.15, -0.1) is 0 Å². The lowest BCUT2D eigenvalue weighted by Crippen LogP contribution is -2.44. The minimum Gasteiger partial charge on any atom is -0.394 e. The summed E-state index contributed by atoms with van der Waals surface area (Å²) in [7, 11) is 1.87. The third-order valence-corrected chi connectivity index (χ3v) is 3.84. The number of aliphatic hydroxyl groups excluding tert-OH is 1. The van der Waals surface area contributed by atoms with Crippen LogP contribution in [0.2, 0.25) is 0 Å². The summed E-state index contributed by atoms with van der Waals surface area (Å²) in [6.07, 6.45) is 1.53. The molecule has 1 aromatic heterocycles. The zero-order chi connectivity index (χ0) is 15.8. The number of benzene rings is 1. The van der Waals surface area contributed by atoms with Crippen molar-refractivity contribution in [3.63, 3.8) is 0 Å². The molecule has 0 saturated carbocycles. The van der Waals surface area contributed by atoms with Crippen LogP contribution in [0.15, 0.2) is 24.4 Å². The Morgan fingerprint density at radius 2 is 2.05 bits per heavy atom. The van der Waals surface area contributed by atoms with Gasteiger partial charge in [-0.25, -0.2) is 0 Å². The van der Waals surface area contributed by atoms with Gasteiger partial charge in [0, 0.05) is 36.1 Å². The molecular weight excluding hydrogens is 270 g/mol. The molecule has 0 unspecified atom stereocenters. The molecule has 0 aliphatic rings. The Kier molecular flexibility index (Phi) is 3.82. The Bertz CT molecular complexity index is 698. The summed E-state index contributed by atoms with van der Waals surface area (Å²) >= 11 is 0. The maximum atomic E-state index is 11.2. The fourth-order valence-electron chi connectivity index (χ4n) is 2.20. The van der Waals surface area contributed by atoms with Crippen LogP contribution in [0, 0.1) is 17.0 Å². The molecule has 0 spiro atoms. The van der Waals surface area contributed by atoms with Crippen LogP contribution in [0.4, 0.5) is 11.4 Å². The molecule has 0 fully saturated rings. The van der Waals surface area contributed by atoms with Gasteiger partial charge in [0.15, 0.2) is 0 Å². The predicted octanol–water partition coefficient (Wildman–Crippen LogP) is 2.66. The second kappa shape index (κ2) is 5.29. The van der Waals surface area contributed by atoms with E-state index in [1.807, 2.05) is 38.8 Å². The van der Waals surface area contributed by atoms with Crippen molar-refractivity contribution in [1.29, 1.82) is 0 Å². The van der Waals surface area contributed by atoms with Crippen molar-refractivity contribution in [2.24, 2.45) is 0 Å². The van der Waals surface area contributed by atoms with Crippen LogP contribution in [0.3, 0.4) is 0 Å². The molecule has 6 nitrogen and oxygen atoms in total. The van der Waals surface area contributed by atoms with Crippen LogP contribution in [-0.2, 0) is 0 Å². The van der Waals surface area contributed by atoms with Gasteiger partial charge in [-0.2, -0.15) is 0 Å². The van der Waals surface area contributed by atoms with Crippen molar-refractivity contribution < 1.29 is 10.0 Å². The molecule has 1 aromatic carbocycles. The van der Waals surface area contributed by atoms with Gasteiger partial charge in [-0.1, -0.05) is 0 Å². The van der Waals surface area contributed by atoms with Gasteiger partial charge in [0.05, 0.1) is 22.5 Å². The molecule has 1 heterocycles. The first-order valence-corrected chi connectivity index (χ1v) is 6.66. The summed E-state index contributed by atoms with van der Waals surface area (Å²) < 4.78 is 0. The van der Waals surface area contributed by atoms with Gasteiger partial charge in [-0.3, -0.25) is 15.1 Å². The average molecular weight is 289 g/mol. The van der Waals surface area contributed by atoms with Crippen LogP contribution < -0.4 is 4.90 Å². The Hall–Kier alpha value is -2.21. The van der Waals surface area contributed by atoms with Crippen LogP contribution >= 0.6 is 0 Å². The zero-order valence-electron chi connectivity index (χ0n) is 12.6. The number of anilines is 1. The van der Waals surface area contributed by atoms with Gasteiger partial charge in [0.2, 0.25) is 0 Å². The highest BCUT2D eigenvalue weighted by molar-refractivity contribution is 5.99. The van der Waals surface area contributed by atoms with Crippen molar-refractivity contribution in [3.8, 4) is 0 Å². The molecule has 21 heavy (non-hydrogen) atoms. The molecule has 0 aliphatic carbocycles. The van der Waals surface area contributed by atoms with E-state index in [-0.39, 0.29) is 12.3 Å². The van der Waals surface area contributed by atoms with Gasteiger partial charge in [0.1, 0.15) is 0 Å². The van der Waals surface area contributed by atoms with Crippen LogP contribution in [0.5, 0.6) is 0 Å². The summed E-state index contributed by atoms with van der Waals surface area (Å²) in [6, 6.07) is 5.04. The minimum atomic E-state index is -0.472. The van der Waals surface area contributed by atoms with Crippen molar-refractivity contribution in [1.82, 2.24) is 4.98 Å². The molecule has 0 saturated heterocycles. The number of nitrogens with zero attached hydrogens (tertiary/aromatic N) is 3. The predicted molar refractivity (Wildman–Crippen MR) is 82.7 cm³/mol. The van der Waals surface area contributed by atoms with E-state index in [2.05, 4.69) is 4.98 Å². The fourth-order valence-corrected chi connectivity index (χ4v) is 2.20. The molecular formula is C15H19N3O3. The van der Waals surface area contributed by atoms with E-state index < -0.39 is 10.5 Å². The molecule has 1 N–H and O–H groups in total. The lowest BCUT2D eigenvalue weighted by Gasteiger charge is -2.36. The number of rotatable bonds is 4. The second-order valence-electron chi connectivity index (χ2n) is 5.76. The SMILES string of the molecule is Cc1cc2c(N(C)C(C)(C)CO)ccc([N+](=O)[O-])c2cn1. The van der Waals surface area contributed by atoms with E-state index in [0.29, 0.717) is 5.39 Å². The molecule has 2 aromatic rings. The number of hydrogen-bond donors (Lipinski definition) is 1. The Morgan fingerprint density at radius 3 is 2.62 bits per heavy atom. The van der Waals surface area contributed by atoms with Gasteiger partial charge >= 0.3 is 0 Å². The number of non-ortho nitro benzene ring substituents is 1. The van der Waals surface area contributed by atoms with Crippen molar-refractivity contribution in [2.45, 2.75) is 26.3 Å². The van der Waals surface area contributed by atoms with E-state index in [1.54, 1.807) is 6.07 Å². The highest BCUT2D eigenvalue weighted by Gasteiger charge is 2.26. The third-order valence-electron chi connectivity index (χ3n) is 3.84. The zero-order valence-corrected chi connectivity index (χ0v) is 12.6. The van der Waals surface area contributed by atoms with E-state index in [9.17, 15) is 15.2 Å². The summed E-state index contributed by atoms with van der Waals surface area (Å²) in [6.45, 7) is 5.65. The van der Waals surface area contributed by atoms with E-state index in [0.717, 1.165) is 16.8 Å². The summed E-state index contributed by atoms with van der Waals surface area (Å²) in [5.41, 5.74) is 1.19. The number of aliphatic hydroxyl groups is 1. The van der Waals surface area contributed by atoms with Gasteiger partial charge < -0.3 is 10.0 Å². The molecule has 2 rings (SSSR count). The monoisotopic (exact) mass is 289 g/mol. The quantitative estimate of drug-likeness (QED) is 0.691. The van der Waals surface area contributed by atoms with E-state index in [4.69, 9.17) is 0 Å². The largest absolute Gasteiger partial charge is 0.394 e. The van der Waals surface area contributed by atoms with Crippen molar-refractivity contribution >= 4 is 22.1 Å². The smallest absolute Gasteiger partial charge is 0.278 e. The lowest BCUT2D eigenvalue weighted by molar-refractivity contribution is -0.383. The average Bonchev–Trinajstić information content (AvgIpc) is 2.44. The molecule has 6 heteroatoms. The van der Waals surface area contributed by atoms with Crippen molar-refractivity contribution in [3.05, 3.63) is 40.2 Å². The Balaban J connectivity index is 2.74. The first-order chi connectivity index (χ1) is 9.77. The van der Waals surface area contributed by atoms with Crippen LogP contribution in [-0.4, -0.2) is 34.2 Å². The summed E-state index contributed by atoms with van der Waals surface area (Å²) in [4.78, 5) is 16.8. The number of nitro groups is 1. The summed E-state index contributed by atoms with van der Waals surface area (Å²) in [5.74, 6) is 0. The topological polar surface area (TPSA) is 79.5 Å². The molecule has 0 atom stereocenters. The molecule has 0 aliphatic heterocycles. The van der Waals surface area contributed by atoms with Gasteiger partial charge in [-0.05, 0) is 32.9 Å². The van der Waals surface area contributed by atoms with E-state index in [1.165, 1.54) is 12.3 Å². The number of hydrogen-bond acceptors (Lipinski definition) is 5. The summed E-state index contributed by atoms with van der Waals surface area (Å²) in [5, 5.41) is 22.0. The fraction of sp³-hybridized carbons (Fsp3) is 0.400. The number of likely N-dealkylation sites (N-methyl/N-ethyl adjacent to an activating group) is 1. The van der Waals surface area contributed by atoms with Crippen LogP contribution in [0.1, 0.15) is 19.5 Å². The molecule has 0 amide bonds. The maximum absolute atomic E-state index is 11.2. The highest BCUT2D eigenvalue weighted by Crippen LogP contribution is 2.35. The van der Waals surface area contributed by atoms with E-state index >= 15 is 0 Å². The standard InChI is InChI=1S/C15H19N3O3/c1-10-7-11-12(8-16-10)14(18(20)21)6-5-13(11)17(4)15(2,3)9-19/h5-8,19H,9H2,1-4H3. The lowest BCUT2D eigenvalue weighted by atomic mass is 10.0. The Labute approximate surface area is 123 Å². The first-order valence-electron chi connectivity index (χ1n) is 6.66. The second-order valence-corrected chi connectivity index (χ2v) is 5.76. The maximum Gasteiger partial charge on any atom is 0.278 e. The first kappa shape index (κ1) is 15.2. The number of aryl methyl sites for hydroxylation is 1. The Morgan fingerprint density at radius 1 is 1.38 bits per heavy atom. The number of aromatic nitrogens is 1. The number of nitro benzene ring substituents is 1. The highest BCUT2D eigenvalue weighted by atomic mass is 16.6. The van der Waals surface area contributed by atoms with Gasteiger partial charge in [0.25, 0.3) is 5.69 Å². The molecule has 0 bridgehead atoms. The third kappa shape index (κ3) is 2.67. The minimum absolute atomic E-state index is 0.0218. The number of pyridine rings is 1. The van der Waals surface area contributed by atoms with Crippen molar-refractivity contribution in [2.75, 3.05) is 18.6 Å². The molecule has 0 radical (unpaired) electrons.